The molecule has 1 aliphatic rings. The summed E-state index contributed by atoms with van der Waals surface area (Å²) in [7, 11) is 0. The van der Waals surface area contributed by atoms with Crippen LogP contribution < -0.4 is 10.1 Å². The molecule has 0 aliphatic carbocycles. The molecule has 5 heteroatoms. The van der Waals surface area contributed by atoms with Crippen LogP contribution in [-0.4, -0.2) is 49.3 Å². The summed E-state index contributed by atoms with van der Waals surface area (Å²) in [5.74, 6) is 1.57. The largest absolute Gasteiger partial charge is 0.494 e. The average molecular weight is 405 g/mol. The Labute approximate surface area is 177 Å². The van der Waals surface area contributed by atoms with E-state index in [0.29, 0.717) is 13.0 Å². The Balaban J connectivity index is 1.76. The summed E-state index contributed by atoms with van der Waals surface area (Å²) in [5, 5.41) is 2.99. The van der Waals surface area contributed by atoms with E-state index in [1.54, 1.807) is 0 Å². The second-order valence-corrected chi connectivity index (χ2v) is 8.56. The van der Waals surface area contributed by atoms with Crippen LogP contribution >= 0.6 is 0 Å². The van der Waals surface area contributed by atoms with Gasteiger partial charge in [0.2, 0.25) is 0 Å². The standard InChI is InChI=1S/C24H40N2O3/c1-5-14-24(4,29-17-6-2)23(27)25-21-10-12-22(13-11-21)28-18-8-16-26-15-7-9-20(3)19-26/h10-13,20H,5-9,14-19H2,1-4H3,(H,25,27)/t20-,24+/m1/s1. The summed E-state index contributed by atoms with van der Waals surface area (Å²) in [5.41, 5.74) is -0.0154. The van der Waals surface area contributed by atoms with Gasteiger partial charge in [0.05, 0.1) is 6.61 Å². The normalized spacial score (nSPS) is 19.5. The fourth-order valence-corrected chi connectivity index (χ4v) is 3.92. The number of piperidine rings is 1. The van der Waals surface area contributed by atoms with Crippen molar-refractivity contribution in [2.24, 2.45) is 5.92 Å². The molecule has 0 spiro atoms. The zero-order valence-electron chi connectivity index (χ0n) is 18.8. The highest BCUT2D eigenvalue weighted by Gasteiger charge is 2.33. The van der Waals surface area contributed by atoms with Gasteiger partial charge in [-0.3, -0.25) is 4.79 Å². The smallest absolute Gasteiger partial charge is 0.256 e. The minimum absolute atomic E-state index is 0.0859. The van der Waals surface area contributed by atoms with Crippen molar-refractivity contribution in [3.63, 3.8) is 0 Å². The van der Waals surface area contributed by atoms with Gasteiger partial charge in [-0.1, -0.05) is 27.2 Å². The van der Waals surface area contributed by atoms with Crippen molar-refractivity contribution in [2.45, 2.75) is 71.8 Å². The third-order valence-electron chi connectivity index (χ3n) is 5.57. The molecule has 5 nitrogen and oxygen atoms in total. The van der Waals surface area contributed by atoms with E-state index in [0.717, 1.165) is 49.8 Å². The second-order valence-electron chi connectivity index (χ2n) is 8.56. The fraction of sp³-hybridized carbons (Fsp3) is 0.708. The molecule has 29 heavy (non-hydrogen) atoms. The number of carbonyl (C=O) groups is 1. The van der Waals surface area contributed by atoms with Crippen LogP contribution in [0.2, 0.25) is 0 Å². The number of nitrogens with zero attached hydrogens (tertiary/aromatic N) is 1. The van der Waals surface area contributed by atoms with E-state index in [2.05, 4.69) is 31.0 Å². The van der Waals surface area contributed by atoms with Gasteiger partial charge in [0.15, 0.2) is 0 Å². The van der Waals surface area contributed by atoms with Gasteiger partial charge in [0.25, 0.3) is 5.91 Å². The fourth-order valence-electron chi connectivity index (χ4n) is 3.92. The van der Waals surface area contributed by atoms with Crippen LogP contribution in [0.3, 0.4) is 0 Å². The summed E-state index contributed by atoms with van der Waals surface area (Å²) >= 11 is 0. The molecule has 1 saturated heterocycles. The number of ether oxygens (including phenoxy) is 2. The van der Waals surface area contributed by atoms with Gasteiger partial charge in [-0.15, -0.1) is 0 Å². The van der Waals surface area contributed by atoms with Gasteiger partial charge in [0.1, 0.15) is 11.4 Å². The van der Waals surface area contributed by atoms with Gasteiger partial charge < -0.3 is 19.7 Å². The first-order valence-corrected chi connectivity index (χ1v) is 11.4. The van der Waals surface area contributed by atoms with E-state index in [1.165, 1.54) is 25.9 Å². The molecule has 1 aromatic rings. The first-order valence-electron chi connectivity index (χ1n) is 11.4. The third kappa shape index (κ3) is 7.98. The van der Waals surface area contributed by atoms with E-state index in [4.69, 9.17) is 9.47 Å². The zero-order valence-corrected chi connectivity index (χ0v) is 18.8. The molecule has 1 aliphatic heterocycles. The first kappa shape index (κ1) is 23.7. The van der Waals surface area contributed by atoms with E-state index in [1.807, 2.05) is 31.2 Å². The summed E-state index contributed by atoms with van der Waals surface area (Å²) in [6.07, 6.45) is 6.21. The maximum Gasteiger partial charge on any atom is 0.256 e. The molecular formula is C24H40N2O3. The topological polar surface area (TPSA) is 50.8 Å². The lowest BCUT2D eigenvalue weighted by atomic mass is 9.99. The molecule has 0 bridgehead atoms. The quantitative estimate of drug-likeness (QED) is 0.492. The minimum Gasteiger partial charge on any atom is -0.494 e. The van der Waals surface area contributed by atoms with Crippen molar-refractivity contribution in [2.75, 3.05) is 38.2 Å². The van der Waals surface area contributed by atoms with E-state index in [-0.39, 0.29) is 5.91 Å². The van der Waals surface area contributed by atoms with Gasteiger partial charge in [-0.25, -0.2) is 0 Å². The lowest BCUT2D eigenvalue weighted by Crippen LogP contribution is -2.43. The molecule has 1 heterocycles. The number of hydrogen-bond donors (Lipinski definition) is 1. The summed E-state index contributed by atoms with van der Waals surface area (Å²) in [6, 6.07) is 7.63. The highest BCUT2D eigenvalue weighted by atomic mass is 16.5. The molecule has 1 N–H and O–H groups in total. The van der Waals surface area contributed by atoms with E-state index < -0.39 is 5.60 Å². The maximum atomic E-state index is 12.7. The average Bonchev–Trinajstić information content (AvgIpc) is 2.71. The maximum absolute atomic E-state index is 12.7. The van der Waals surface area contributed by atoms with Crippen molar-refractivity contribution in [1.82, 2.24) is 4.90 Å². The molecule has 0 saturated carbocycles. The van der Waals surface area contributed by atoms with Crippen LogP contribution in [0.15, 0.2) is 24.3 Å². The molecule has 0 unspecified atom stereocenters. The Morgan fingerprint density at radius 2 is 1.97 bits per heavy atom. The van der Waals surface area contributed by atoms with E-state index >= 15 is 0 Å². The first-order chi connectivity index (χ1) is 14.0. The number of carbonyl (C=O) groups excluding carboxylic acids is 1. The molecule has 1 amide bonds. The molecule has 1 aromatic carbocycles. The van der Waals surface area contributed by atoms with Crippen molar-refractivity contribution < 1.29 is 14.3 Å². The SMILES string of the molecule is CCCO[C@@](C)(CCC)C(=O)Nc1ccc(OCCCN2CCC[C@@H](C)C2)cc1. The Bertz CT molecular complexity index is 605. The Hall–Kier alpha value is -1.59. The molecule has 0 radical (unpaired) electrons. The lowest BCUT2D eigenvalue weighted by molar-refractivity contribution is -0.140. The number of rotatable bonds is 12. The molecule has 1 fully saturated rings. The summed E-state index contributed by atoms with van der Waals surface area (Å²) in [4.78, 5) is 15.3. The number of amides is 1. The predicted octanol–water partition coefficient (Wildman–Crippen LogP) is 5.11. The van der Waals surface area contributed by atoms with Crippen LogP contribution in [0.25, 0.3) is 0 Å². The van der Waals surface area contributed by atoms with Crippen LogP contribution in [-0.2, 0) is 9.53 Å². The number of benzene rings is 1. The van der Waals surface area contributed by atoms with Gasteiger partial charge in [-0.2, -0.15) is 0 Å². The highest BCUT2D eigenvalue weighted by Crippen LogP contribution is 2.22. The second kappa shape index (κ2) is 12.2. The number of anilines is 1. The number of likely N-dealkylation sites (tertiary alicyclic amines) is 1. The molecule has 2 atom stereocenters. The van der Waals surface area contributed by atoms with Crippen LogP contribution in [0.1, 0.15) is 66.2 Å². The van der Waals surface area contributed by atoms with Crippen molar-refractivity contribution >= 4 is 11.6 Å². The van der Waals surface area contributed by atoms with Gasteiger partial charge in [-0.05, 0) is 75.8 Å². The number of hydrogen-bond acceptors (Lipinski definition) is 4. The minimum atomic E-state index is -0.786. The lowest BCUT2D eigenvalue weighted by Gasteiger charge is -2.30. The predicted molar refractivity (Wildman–Crippen MR) is 120 cm³/mol. The monoisotopic (exact) mass is 404 g/mol. The Morgan fingerprint density at radius 3 is 2.62 bits per heavy atom. The van der Waals surface area contributed by atoms with E-state index in [9.17, 15) is 4.79 Å². The molecule has 0 aromatic heterocycles. The molecular weight excluding hydrogens is 364 g/mol. The molecule has 2 rings (SSSR count). The van der Waals surface area contributed by atoms with Crippen molar-refractivity contribution in [3.8, 4) is 5.75 Å². The molecule has 164 valence electrons. The number of nitrogens with one attached hydrogen (secondary N) is 1. The van der Waals surface area contributed by atoms with Crippen LogP contribution in [0.5, 0.6) is 5.75 Å². The zero-order chi connectivity index (χ0) is 21.1. The summed E-state index contributed by atoms with van der Waals surface area (Å²) in [6.45, 7) is 13.2. The van der Waals surface area contributed by atoms with Crippen LogP contribution in [0.4, 0.5) is 5.69 Å². The Morgan fingerprint density at radius 1 is 1.21 bits per heavy atom. The summed E-state index contributed by atoms with van der Waals surface area (Å²) < 4.78 is 11.7. The van der Waals surface area contributed by atoms with Gasteiger partial charge >= 0.3 is 0 Å². The Kier molecular flexibility index (Phi) is 9.95. The van der Waals surface area contributed by atoms with Crippen LogP contribution in [0, 0.1) is 5.92 Å². The van der Waals surface area contributed by atoms with Crippen molar-refractivity contribution in [1.29, 1.82) is 0 Å². The highest BCUT2D eigenvalue weighted by molar-refractivity contribution is 5.97. The van der Waals surface area contributed by atoms with Gasteiger partial charge in [0, 0.05) is 25.4 Å². The van der Waals surface area contributed by atoms with Crippen molar-refractivity contribution in [3.05, 3.63) is 24.3 Å². The third-order valence-corrected chi connectivity index (χ3v) is 5.57.